The van der Waals surface area contributed by atoms with Crippen molar-refractivity contribution < 1.29 is 4.79 Å². The van der Waals surface area contributed by atoms with Crippen LogP contribution in [0.5, 0.6) is 0 Å². The van der Waals surface area contributed by atoms with E-state index in [0.29, 0.717) is 6.42 Å². The Balaban J connectivity index is 1.70. The third-order valence-electron chi connectivity index (χ3n) is 4.69. The summed E-state index contributed by atoms with van der Waals surface area (Å²) in [5, 5.41) is 19.3. The summed E-state index contributed by atoms with van der Waals surface area (Å²) < 4.78 is 1.75. The van der Waals surface area contributed by atoms with Crippen LogP contribution in [0.15, 0.2) is 36.5 Å². The minimum absolute atomic E-state index is 0.000504. The first kappa shape index (κ1) is 13.2. The predicted molar refractivity (Wildman–Crippen MR) is 89.7 cm³/mol. The van der Waals surface area contributed by atoms with Gasteiger partial charge in [-0.1, -0.05) is 11.3 Å². The topological polar surface area (TPSA) is 88.5 Å². The predicted octanol–water partition coefficient (Wildman–Crippen LogP) is 2.32. The fourth-order valence-corrected chi connectivity index (χ4v) is 3.47. The van der Waals surface area contributed by atoms with Gasteiger partial charge in [0, 0.05) is 30.5 Å². The van der Waals surface area contributed by atoms with E-state index in [4.69, 9.17) is 0 Å². The largest absolute Gasteiger partial charge is 0.326 e. The number of carbonyl (C=O) groups is 1. The Morgan fingerprint density at radius 3 is 3.08 bits per heavy atom. The third-order valence-corrected chi connectivity index (χ3v) is 4.69. The fraction of sp³-hybridized carbons (Fsp3) is 0.176. The van der Waals surface area contributed by atoms with Crippen molar-refractivity contribution >= 4 is 33.5 Å². The number of benzene rings is 2. The molecule has 7 heteroatoms. The van der Waals surface area contributed by atoms with Crippen molar-refractivity contribution in [1.82, 2.24) is 25.2 Å². The molecule has 0 unspecified atom stereocenters. The molecule has 2 aromatic heterocycles. The highest BCUT2D eigenvalue weighted by atomic mass is 16.1. The molecule has 0 spiro atoms. The molecule has 3 heterocycles. The van der Waals surface area contributed by atoms with Gasteiger partial charge in [0.15, 0.2) is 0 Å². The number of amides is 1. The molecule has 0 saturated heterocycles. The number of carbonyl (C=O) groups excluding carboxylic acids is 1. The normalized spacial score (nSPS) is 17.2. The molecule has 2 aromatic carbocycles. The zero-order chi connectivity index (χ0) is 16.3. The summed E-state index contributed by atoms with van der Waals surface area (Å²) in [5.41, 5.74) is 5.75. The number of anilines is 1. The van der Waals surface area contributed by atoms with Crippen LogP contribution < -0.4 is 5.32 Å². The number of aryl methyl sites for hydroxylation is 1. The Labute approximate surface area is 136 Å². The highest BCUT2D eigenvalue weighted by molar-refractivity contribution is 5.98. The Hall–Kier alpha value is -3.22. The lowest BCUT2D eigenvalue weighted by Gasteiger charge is -2.26. The van der Waals surface area contributed by atoms with E-state index in [9.17, 15) is 4.79 Å². The maximum atomic E-state index is 12.2. The van der Waals surface area contributed by atoms with Crippen LogP contribution >= 0.6 is 0 Å². The van der Waals surface area contributed by atoms with Crippen molar-refractivity contribution in [3.8, 4) is 0 Å². The molecule has 2 N–H and O–H groups in total. The van der Waals surface area contributed by atoms with Crippen molar-refractivity contribution in [3.63, 3.8) is 0 Å². The van der Waals surface area contributed by atoms with Gasteiger partial charge in [0.25, 0.3) is 0 Å². The summed E-state index contributed by atoms with van der Waals surface area (Å²) in [7, 11) is 1.87. The van der Waals surface area contributed by atoms with Gasteiger partial charge in [0.05, 0.1) is 17.2 Å². The molecule has 0 radical (unpaired) electrons. The highest BCUT2D eigenvalue weighted by Gasteiger charge is 2.27. The van der Waals surface area contributed by atoms with Crippen LogP contribution in [-0.4, -0.2) is 31.1 Å². The van der Waals surface area contributed by atoms with Crippen LogP contribution in [-0.2, 0) is 11.8 Å². The maximum Gasteiger partial charge on any atom is 0.225 e. The van der Waals surface area contributed by atoms with Gasteiger partial charge in [0.2, 0.25) is 5.91 Å². The van der Waals surface area contributed by atoms with Crippen molar-refractivity contribution in [3.05, 3.63) is 47.7 Å². The van der Waals surface area contributed by atoms with Gasteiger partial charge in [-0.25, -0.2) is 4.68 Å². The van der Waals surface area contributed by atoms with E-state index < -0.39 is 0 Å². The van der Waals surface area contributed by atoms with Crippen LogP contribution in [0.4, 0.5) is 5.69 Å². The van der Waals surface area contributed by atoms with Crippen LogP contribution in [0.2, 0.25) is 0 Å². The smallest absolute Gasteiger partial charge is 0.225 e. The standard InChI is InChI=1S/C17H14N6O/c1-23-16-3-2-9(5-15(16)21-22-23)11-6-17(24)19-14-7-13-10(4-12(11)14)8-18-20-13/h2-5,7-8,11H,6H2,1H3,(H,18,20)(H,19,24)/t11-/m0/s1. The Kier molecular flexibility index (Phi) is 2.56. The zero-order valence-electron chi connectivity index (χ0n) is 12.9. The maximum absolute atomic E-state index is 12.2. The lowest BCUT2D eigenvalue weighted by Crippen LogP contribution is -2.23. The van der Waals surface area contributed by atoms with Gasteiger partial charge in [-0.15, -0.1) is 5.10 Å². The number of hydrogen-bond acceptors (Lipinski definition) is 4. The molecule has 0 fully saturated rings. The summed E-state index contributed by atoms with van der Waals surface area (Å²) in [6.45, 7) is 0. The zero-order valence-corrected chi connectivity index (χ0v) is 12.9. The molecule has 0 saturated carbocycles. The van der Waals surface area contributed by atoms with E-state index in [1.54, 1.807) is 10.9 Å². The number of hydrogen-bond donors (Lipinski definition) is 2. The molecule has 4 aromatic rings. The Morgan fingerprint density at radius 2 is 2.17 bits per heavy atom. The third kappa shape index (κ3) is 1.84. The first-order valence-corrected chi connectivity index (χ1v) is 7.75. The molecule has 24 heavy (non-hydrogen) atoms. The number of aromatic amines is 1. The minimum atomic E-state index is -0.000504. The number of nitrogens with zero attached hydrogens (tertiary/aromatic N) is 4. The summed E-state index contributed by atoms with van der Waals surface area (Å²) in [4.78, 5) is 12.2. The van der Waals surface area contributed by atoms with Gasteiger partial charge in [-0.2, -0.15) is 5.10 Å². The van der Waals surface area contributed by atoms with Crippen molar-refractivity contribution in [2.45, 2.75) is 12.3 Å². The lowest BCUT2D eigenvalue weighted by atomic mass is 9.84. The molecule has 118 valence electrons. The van der Waals surface area contributed by atoms with Crippen LogP contribution in [0, 0.1) is 0 Å². The van der Waals surface area contributed by atoms with Crippen LogP contribution in [0.25, 0.3) is 21.9 Å². The molecule has 1 aliphatic rings. The summed E-state index contributed by atoms with van der Waals surface area (Å²) in [6.07, 6.45) is 2.22. The molecule has 7 nitrogen and oxygen atoms in total. The van der Waals surface area contributed by atoms with Crippen molar-refractivity contribution in [2.24, 2.45) is 7.05 Å². The summed E-state index contributed by atoms with van der Waals surface area (Å²) in [5.74, 6) is 0.0186. The van der Waals surface area contributed by atoms with Gasteiger partial charge < -0.3 is 5.32 Å². The first-order chi connectivity index (χ1) is 11.7. The van der Waals surface area contributed by atoms with E-state index >= 15 is 0 Å². The van der Waals surface area contributed by atoms with Crippen molar-refractivity contribution in [1.29, 1.82) is 0 Å². The molecule has 0 bridgehead atoms. The van der Waals surface area contributed by atoms with Gasteiger partial charge in [0.1, 0.15) is 5.52 Å². The molecular weight excluding hydrogens is 304 g/mol. The summed E-state index contributed by atoms with van der Waals surface area (Å²) in [6, 6.07) is 10.1. The number of nitrogens with one attached hydrogen (secondary N) is 2. The summed E-state index contributed by atoms with van der Waals surface area (Å²) >= 11 is 0. The van der Waals surface area contributed by atoms with Crippen molar-refractivity contribution in [2.75, 3.05) is 5.32 Å². The second kappa shape index (κ2) is 4.64. The second-order valence-corrected chi connectivity index (χ2v) is 6.16. The quantitative estimate of drug-likeness (QED) is 0.564. The van der Waals surface area contributed by atoms with E-state index in [1.165, 1.54) is 0 Å². The fourth-order valence-electron chi connectivity index (χ4n) is 3.47. The number of aromatic nitrogens is 5. The van der Waals surface area contributed by atoms with E-state index in [-0.39, 0.29) is 11.8 Å². The monoisotopic (exact) mass is 318 g/mol. The number of H-pyrrole nitrogens is 1. The average Bonchev–Trinajstić information content (AvgIpc) is 3.18. The Bertz CT molecular complexity index is 1110. The SMILES string of the molecule is Cn1nnc2cc([C@@H]3CC(=O)Nc4cc5[nH]ncc5cc43)ccc21. The first-order valence-electron chi connectivity index (χ1n) is 7.75. The molecule has 5 rings (SSSR count). The minimum Gasteiger partial charge on any atom is -0.326 e. The molecule has 1 aliphatic heterocycles. The van der Waals surface area contributed by atoms with Crippen LogP contribution in [0.3, 0.4) is 0 Å². The van der Waals surface area contributed by atoms with Gasteiger partial charge >= 0.3 is 0 Å². The Morgan fingerprint density at radius 1 is 1.25 bits per heavy atom. The molecular formula is C17H14N6O. The number of rotatable bonds is 1. The molecule has 1 amide bonds. The van der Waals surface area contributed by atoms with Gasteiger partial charge in [-0.05, 0) is 35.4 Å². The molecule has 1 atom stereocenters. The average molecular weight is 318 g/mol. The van der Waals surface area contributed by atoms with Gasteiger partial charge in [-0.3, -0.25) is 9.89 Å². The van der Waals surface area contributed by atoms with Crippen LogP contribution in [0.1, 0.15) is 23.5 Å². The van der Waals surface area contributed by atoms with E-state index in [2.05, 4.69) is 38.0 Å². The van der Waals surface area contributed by atoms with E-state index in [1.807, 2.05) is 25.2 Å². The molecule has 0 aliphatic carbocycles. The highest BCUT2D eigenvalue weighted by Crippen LogP contribution is 2.39. The second-order valence-electron chi connectivity index (χ2n) is 6.16. The number of fused-ring (bicyclic) bond motifs is 3. The lowest BCUT2D eigenvalue weighted by molar-refractivity contribution is -0.116. The van der Waals surface area contributed by atoms with E-state index in [0.717, 1.165) is 38.8 Å².